The molecule has 0 saturated carbocycles. The van der Waals surface area contributed by atoms with Crippen LogP contribution in [-0.2, 0) is 11.9 Å². The summed E-state index contributed by atoms with van der Waals surface area (Å²) in [7, 11) is 1.48. The zero-order valence-corrected chi connectivity index (χ0v) is 16.2. The number of aliphatic hydroxyl groups excluding tert-OH is 1. The summed E-state index contributed by atoms with van der Waals surface area (Å²) in [6, 6.07) is 5.98. The number of carbonyl (C=O) groups excluding carboxylic acids is 1. The van der Waals surface area contributed by atoms with Crippen LogP contribution in [0, 0.1) is 19.7 Å². The van der Waals surface area contributed by atoms with Crippen LogP contribution in [0.15, 0.2) is 29.1 Å². The molecule has 148 valence electrons. The number of benzene rings is 1. The van der Waals surface area contributed by atoms with Gasteiger partial charge in [-0.15, -0.1) is 0 Å². The van der Waals surface area contributed by atoms with Gasteiger partial charge < -0.3 is 10.4 Å². The number of aryl methyl sites for hydroxylation is 2. The average Bonchev–Trinajstić information content (AvgIpc) is 2.65. The highest BCUT2D eigenvalue weighted by Gasteiger charge is 2.18. The lowest BCUT2D eigenvalue weighted by molar-refractivity contribution is 0.0168. The molecule has 0 unspecified atom stereocenters. The predicted octanol–water partition coefficient (Wildman–Crippen LogP) is 2.56. The standard InChI is InChI=1S/C17H20FN3O4.C2H6/c1-10-4-5-14(13(18)8-10)19-15-12(16(23)20-25-7-6-22)9-11(2)17(24)21(15)3;1-2/h4-5,8-9,19,22H,6-7H2,1-3H3,(H,20,23);1-2H3. The van der Waals surface area contributed by atoms with Crippen molar-refractivity contribution < 1.29 is 19.1 Å². The molecule has 0 aliphatic heterocycles. The Labute approximate surface area is 157 Å². The number of aromatic nitrogens is 1. The molecule has 1 heterocycles. The van der Waals surface area contributed by atoms with Gasteiger partial charge in [0.15, 0.2) is 0 Å². The van der Waals surface area contributed by atoms with Gasteiger partial charge in [-0.25, -0.2) is 9.87 Å². The molecule has 1 aromatic heterocycles. The first-order valence-electron chi connectivity index (χ1n) is 8.62. The van der Waals surface area contributed by atoms with Crippen LogP contribution in [0.4, 0.5) is 15.9 Å². The molecule has 0 fully saturated rings. The molecule has 1 amide bonds. The quantitative estimate of drug-likeness (QED) is 0.530. The summed E-state index contributed by atoms with van der Waals surface area (Å²) < 4.78 is 15.4. The molecule has 2 aromatic rings. The highest BCUT2D eigenvalue weighted by atomic mass is 19.1. The summed E-state index contributed by atoms with van der Waals surface area (Å²) in [4.78, 5) is 29.3. The predicted molar refractivity (Wildman–Crippen MR) is 103 cm³/mol. The van der Waals surface area contributed by atoms with Crippen molar-refractivity contribution in [3.8, 4) is 0 Å². The number of nitrogens with zero attached hydrogens (tertiary/aromatic N) is 1. The van der Waals surface area contributed by atoms with Crippen LogP contribution in [0.1, 0.15) is 35.3 Å². The molecule has 0 atom stereocenters. The fourth-order valence-corrected chi connectivity index (χ4v) is 2.28. The van der Waals surface area contributed by atoms with Crippen molar-refractivity contribution in [2.24, 2.45) is 7.05 Å². The van der Waals surface area contributed by atoms with Crippen LogP contribution in [0.2, 0.25) is 0 Å². The fourth-order valence-electron chi connectivity index (χ4n) is 2.28. The van der Waals surface area contributed by atoms with Gasteiger partial charge in [-0.2, -0.15) is 0 Å². The van der Waals surface area contributed by atoms with Gasteiger partial charge in [0.05, 0.1) is 24.5 Å². The second-order valence-corrected chi connectivity index (χ2v) is 5.57. The number of hydroxylamine groups is 1. The first-order valence-corrected chi connectivity index (χ1v) is 8.62. The third-order valence-corrected chi connectivity index (χ3v) is 3.57. The van der Waals surface area contributed by atoms with Crippen molar-refractivity contribution >= 4 is 17.4 Å². The number of halogens is 1. The van der Waals surface area contributed by atoms with E-state index in [2.05, 4.69) is 10.8 Å². The molecule has 8 heteroatoms. The van der Waals surface area contributed by atoms with E-state index in [1.807, 2.05) is 13.8 Å². The third kappa shape index (κ3) is 5.63. The summed E-state index contributed by atoms with van der Waals surface area (Å²) in [5.41, 5.74) is 3.20. The third-order valence-electron chi connectivity index (χ3n) is 3.57. The zero-order chi connectivity index (χ0) is 20.6. The van der Waals surface area contributed by atoms with Crippen molar-refractivity contribution in [2.75, 3.05) is 18.5 Å². The molecule has 3 N–H and O–H groups in total. The summed E-state index contributed by atoms with van der Waals surface area (Å²) >= 11 is 0. The molecule has 1 aromatic carbocycles. The van der Waals surface area contributed by atoms with Crippen LogP contribution >= 0.6 is 0 Å². The minimum Gasteiger partial charge on any atom is -0.394 e. The average molecular weight is 379 g/mol. The number of nitrogens with one attached hydrogen (secondary N) is 2. The Kier molecular flexibility index (Phi) is 8.64. The molecule has 0 aliphatic carbocycles. The molecule has 0 aliphatic rings. The van der Waals surface area contributed by atoms with E-state index in [0.29, 0.717) is 5.56 Å². The van der Waals surface area contributed by atoms with Crippen molar-refractivity contribution in [2.45, 2.75) is 27.7 Å². The molecule has 2 rings (SSSR count). The Bertz CT molecular complexity index is 850. The minimum atomic E-state index is -0.623. The molecule has 0 spiro atoms. The summed E-state index contributed by atoms with van der Waals surface area (Å²) in [6.45, 7) is 6.99. The van der Waals surface area contributed by atoms with Crippen LogP contribution in [0.3, 0.4) is 0 Å². The van der Waals surface area contributed by atoms with Gasteiger partial charge in [-0.3, -0.25) is 19.0 Å². The van der Waals surface area contributed by atoms with Crippen LogP contribution in [0.25, 0.3) is 0 Å². The molecule has 0 bridgehead atoms. The number of amides is 1. The monoisotopic (exact) mass is 379 g/mol. The maximum absolute atomic E-state index is 14.1. The molecule has 0 saturated heterocycles. The van der Waals surface area contributed by atoms with Gasteiger partial charge in [-0.1, -0.05) is 19.9 Å². The first-order chi connectivity index (χ1) is 12.8. The largest absolute Gasteiger partial charge is 0.394 e. The number of aliphatic hydroxyl groups is 1. The Morgan fingerprint density at radius 3 is 2.52 bits per heavy atom. The van der Waals surface area contributed by atoms with E-state index in [9.17, 15) is 14.0 Å². The lowest BCUT2D eigenvalue weighted by Gasteiger charge is -2.17. The summed E-state index contributed by atoms with van der Waals surface area (Å²) in [5.74, 6) is -0.999. The van der Waals surface area contributed by atoms with Crippen LogP contribution in [0.5, 0.6) is 0 Å². The van der Waals surface area contributed by atoms with Crippen molar-refractivity contribution in [3.05, 3.63) is 57.1 Å². The summed E-state index contributed by atoms with van der Waals surface area (Å²) in [6.07, 6.45) is 0. The smallest absolute Gasteiger partial charge is 0.278 e. The van der Waals surface area contributed by atoms with Gasteiger partial charge in [0, 0.05) is 12.6 Å². The second kappa shape index (κ2) is 10.4. The Hall–Kier alpha value is -2.71. The number of anilines is 2. The molecule has 27 heavy (non-hydrogen) atoms. The molecular weight excluding hydrogens is 353 g/mol. The molecular formula is C19H26FN3O4. The maximum atomic E-state index is 14.1. The zero-order valence-electron chi connectivity index (χ0n) is 16.2. The number of rotatable bonds is 6. The van der Waals surface area contributed by atoms with Gasteiger partial charge in [0.1, 0.15) is 11.6 Å². The number of hydrogen-bond acceptors (Lipinski definition) is 5. The Morgan fingerprint density at radius 2 is 1.93 bits per heavy atom. The lowest BCUT2D eigenvalue weighted by atomic mass is 10.1. The van der Waals surface area contributed by atoms with Crippen LogP contribution < -0.4 is 16.4 Å². The van der Waals surface area contributed by atoms with Gasteiger partial charge in [-0.05, 0) is 37.6 Å². The van der Waals surface area contributed by atoms with Crippen LogP contribution in [-0.4, -0.2) is 28.8 Å². The highest BCUT2D eigenvalue weighted by molar-refractivity contribution is 5.99. The topological polar surface area (TPSA) is 92.6 Å². The minimum absolute atomic E-state index is 0.0775. The lowest BCUT2D eigenvalue weighted by Crippen LogP contribution is -2.30. The van der Waals surface area contributed by atoms with Gasteiger partial charge in [0.2, 0.25) is 0 Å². The van der Waals surface area contributed by atoms with E-state index in [4.69, 9.17) is 9.94 Å². The number of carbonyl (C=O) groups is 1. The normalized spacial score (nSPS) is 10.0. The van der Waals surface area contributed by atoms with Gasteiger partial charge in [0.25, 0.3) is 11.5 Å². The SMILES string of the molecule is CC.Cc1ccc(Nc2c(C(=O)NOCCO)cc(C)c(=O)n2C)c(F)c1. The summed E-state index contributed by atoms with van der Waals surface area (Å²) in [5, 5.41) is 11.5. The fraction of sp³-hybridized carbons (Fsp3) is 0.368. The first kappa shape index (κ1) is 22.3. The van der Waals surface area contributed by atoms with E-state index >= 15 is 0 Å². The number of pyridine rings is 1. The highest BCUT2D eigenvalue weighted by Crippen LogP contribution is 2.23. The maximum Gasteiger partial charge on any atom is 0.278 e. The van der Waals surface area contributed by atoms with E-state index in [1.54, 1.807) is 19.9 Å². The van der Waals surface area contributed by atoms with Crippen molar-refractivity contribution in [3.63, 3.8) is 0 Å². The Balaban J connectivity index is 0.00000176. The van der Waals surface area contributed by atoms with E-state index in [0.717, 1.165) is 5.56 Å². The van der Waals surface area contributed by atoms with Gasteiger partial charge >= 0.3 is 0 Å². The van der Waals surface area contributed by atoms with E-state index in [-0.39, 0.29) is 35.8 Å². The second-order valence-electron chi connectivity index (χ2n) is 5.57. The Morgan fingerprint density at radius 1 is 1.26 bits per heavy atom. The van der Waals surface area contributed by atoms with Crippen molar-refractivity contribution in [1.29, 1.82) is 0 Å². The van der Waals surface area contributed by atoms with E-state index < -0.39 is 11.7 Å². The molecule has 0 radical (unpaired) electrons. The molecule has 7 nitrogen and oxygen atoms in total. The van der Waals surface area contributed by atoms with E-state index in [1.165, 1.54) is 29.8 Å². The number of hydrogen-bond donors (Lipinski definition) is 3. The van der Waals surface area contributed by atoms with Crippen molar-refractivity contribution in [1.82, 2.24) is 10.0 Å².